The summed E-state index contributed by atoms with van der Waals surface area (Å²) >= 11 is 0. The summed E-state index contributed by atoms with van der Waals surface area (Å²) < 4.78 is 2.24. The molecule has 1 saturated carbocycles. The average molecular weight is 255 g/mol. The fraction of sp³-hybridized carbons (Fsp3) is 0.438. The highest BCUT2D eigenvalue weighted by molar-refractivity contribution is 5.26. The van der Waals surface area contributed by atoms with Crippen molar-refractivity contribution in [1.29, 1.82) is 0 Å². The molecule has 3 nitrogen and oxygen atoms in total. The van der Waals surface area contributed by atoms with Crippen LogP contribution in [0.3, 0.4) is 0 Å². The Kier molecular flexibility index (Phi) is 3.65. The molecular weight excluding hydrogens is 234 g/mol. The van der Waals surface area contributed by atoms with Crippen LogP contribution in [-0.4, -0.2) is 9.55 Å². The third kappa shape index (κ3) is 2.71. The van der Waals surface area contributed by atoms with E-state index in [1.54, 1.807) is 0 Å². The van der Waals surface area contributed by atoms with Gasteiger partial charge in [-0.15, -0.1) is 0 Å². The van der Waals surface area contributed by atoms with E-state index in [9.17, 15) is 0 Å². The zero-order valence-corrected chi connectivity index (χ0v) is 11.2. The van der Waals surface area contributed by atoms with Crippen molar-refractivity contribution in [2.75, 3.05) is 0 Å². The van der Waals surface area contributed by atoms with Crippen LogP contribution >= 0.6 is 0 Å². The molecule has 0 radical (unpaired) electrons. The van der Waals surface area contributed by atoms with E-state index in [4.69, 9.17) is 5.73 Å². The molecule has 0 saturated heterocycles. The molecule has 1 aliphatic carbocycles. The highest BCUT2D eigenvalue weighted by atomic mass is 15.1. The highest BCUT2D eigenvalue weighted by Crippen LogP contribution is 2.28. The molecule has 2 aromatic rings. The monoisotopic (exact) mass is 255 g/mol. The van der Waals surface area contributed by atoms with E-state index in [-0.39, 0.29) is 6.04 Å². The molecule has 1 atom stereocenters. The Morgan fingerprint density at radius 3 is 2.68 bits per heavy atom. The first kappa shape index (κ1) is 12.4. The lowest BCUT2D eigenvalue weighted by molar-refractivity contribution is 0.445. The number of nitrogens with two attached hydrogens (primary N) is 1. The van der Waals surface area contributed by atoms with Gasteiger partial charge in [0.2, 0.25) is 0 Å². The van der Waals surface area contributed by atoms with Gasteiger partial charge in [-0.25, -0.2) is 4.98 Å². The second kappa shape index (κ2) is 5.57. The Balaban J connectivity index is 1.79. The molecule has 1 aromatic heterocycles. The minimum absolute atomic E-state index is 0.0786. The third-order valence-corrected chi connectivity index (χ3v) is 4.15. The van der Waals surface area contributed by atoms with Gasteiger partial charge in [-0.05, 0) is 24.3 Å². The van der Waals surface area contributed by atoms with Gasteiger partial charge in [0.05, 0.1) is 24.3 Å². The normalized spacial score (nSPS) is 17.7. The van der Waals surface area contributed by atoms with Gasteiger partial charge in [0, 0.05) is 6.54 Å². The van der Waals surface area contributed by atoms with E-state index in [1.165, 1.54) is 25.7 Å². The molecule has 19 heavy (non-hydrogen) atoms. The molecule has 0 bridgehead atoms. The van der Waals surface area contributed by atoms with E-state index < -0.39 is 0 Å². The second-order valence-electron chi connectivity index (χ2n) is 5.51. The van der Waals surface area contributed by atoms with Crippen LogP contribution < -0.4 is 5.73 Å². The number of hydrogen-bond acceptors (Lipinski definition) is 2. The van der Waals surface area contributed by atoms with Crippen molar-refractivity contribution in [3.05, 3.63) is 54.1 Å². The summed E-state index contributed by atoms with van der Waals surface area (Å²) in [5.74, 6) is 0.802. The maximum Gasteiger partial charge on any atom is 0.0948 e. The van der Waals surface area contributed by atoms with Gasteiger partial charge in [-0.2, -0.15) is 0 Å². The predicted molar refractivity (Wildman–Crippen MR) is 76.7 cm³/mol. The Bertz CT molecular complexity index is 512. The Hall–Kier alpha value is -1.61. The smallest absolute Gasteiger partial charge is 0.0948 e. The number of rotatable bonds is 4. The van der Waals surface area contributed by atoms with Crippen molar-refractivity contribution in [3.63, 3.8) is 0 Å². The fourth-order valence-corrected chi connectivity index (χ4v) is 3.04. The van der Waals surface area contributed by atoms with Gasteiger partial charge >= 0.3 is 0 Å². The van der Waals surface area contributed by atoms with Crippen molar-refractivity contribution in [2.45, 2.75) is 38.3 Å². The molecule has 1 aromatic carbocycles. The molecule has 0 amide bonds. The molecule has 1 heterocycles. The zero-order valence-electron chi connectivity index (χ0n) is 11.2. The summed E-state index contributed by atoms with van der Waals surface area (Å²) in [5.41, 5.74) is 8.65. The maximum atomic E-state index is 6.37. The quantitative estimate of drug-likeness (QED) is 0.912. The molecule has 100 valence electrons. The van der Waals surface area contributed by atoms with Gasteiger partial charge < -0.3 is 10.3 Å². The van der Waals surface area contributed by atoms with E-state index in [0.29, 0.717) is 0 Å². The molecule has 0 spiro atoms. The van der Waals surface area contributed by atoms with Crippen molar-refractivity contribution in [3.8, 4) is 0 Å². The average Bonchev–Trinajstić information content (AvgIpc) is 3.11. The van der Waals surface area contributed by atoms with Gasteiger partial charge in [-0.1, -0.05) is 43.2 Å². The summed E-state index contributed by atoms with van der Waals surface area (Å²) in [6.07, 6.45) is 9.28. The van der Waals surface area contributed by atoms with Gasteiger partial charge in [-0.3, -0.25) is 0 Å². The van der Waals surface area contributed by atoms with Crippen LogP contribution in [0.1, 0.15) is 43.0 Å². The van der Waals surface area contributed by atoms with Crippen LogP contribution in [0.4, 0.5) is 0 Å². The van der Waals surface area contributed by atoms with Crippen LogP contribution in [0.2, 0.25) is 0 Å². The lowest BCUT2D eigenvalue weighted by atomic mass is 10.0. The maximum absolute atomic E-state index is 6.37. The Morgan fingerprint density at radius 1 is 1.21 bits per heavy atom. The molecule has 1 unspecified atom stereocenters. The van der Waals surface area contributed by atoms with Crippen LogP contribution in [0.5, 0.6) is 0 Å². The fourth-order valence-electron chi connectivity index (χ4n) is 3.04. The summed E-state index contributed by atoms with van der Waals surface area (Å²) in [6.45, 7) is 1.07. The van der Waals surface area contributed by atoms with Gasteiger partial charge in [0.1, 0.15) is 0 Å². The summed E-state index contributed by atoms with van der Waals surface area (Å²) in [7, 11) is 0. The van der Waals surface area contributed by atoms with Gasteiger partial charge in [0.25, 0.3) is 0 Å². The second-order valence-corrected chi connectivity index (χ2v) is 5.51. The highest BCUT2D eigenvalue weighted by Gasteiger charge is 2.19. The third-order valence-electron chi connectivity index (χ3n) is 4.15. The predicted octanol–water partition coefficient (Wildman–Crippen LogP) is 3.12. The Morgan fingerprint density at radius 2 is 1.95 bits per heavy atom. The van der Waals surface area contributed by atoms with Crippen molar-refractivity contribution in [2.24, 2.45) is 11.7 Å². The molecule has 1 fully saturated rings. The first-order valence-corrected chi connectivity index (χ1v) is 7.15. The summed E-state index contributed by atoms with van der Waals surface area (Å²) in [4.78, 5) is 4.29. The van der Waals surface area contributed by atoms with E-state index >= 15 is 0 Å². The van der Waals surface area contributed by atoms with Crippen molar-refractivity contribution >= 4 is 0 Å². The van der Waals surface area contributed by atoms with Gasteiger partial charge in [0.15, 0.2) is 0 Å². The molecule has 0 aliphatic heterocycles. The molecular formula is C16H21N3. The van der Waals surface area contributed by atoms with E-state index in [2.05, 4.69) is 21.7 Å². The minimum atomic E-state index is -0.0786. The van der Waals surface area contributed by atoms with Crippen molar-refractivity contribution < 1.29 is 0 Å². The van der Waals surface area contributed by atoms with Crippen LogP contribution in [-0.2, 0) is 6.54 Å². The Labute approximate surface area is 114 Å². The van der Waals surface area contributed by atoms with Crippen LogP contribution in [0.25, 0.3) is 0 Å². The molecule has 1 aliphatic rings. The molecule has 2 N–H and O–H groups in total. The molecule has 3 heteroatoms. The number of imidazole rings is 1. The number of aromatic nitrogens is 2. The van der Waals surface area contributed by atoms with E-state index in [1.807, 2.05) is 30.7 Å². The summed E-state index contributed by atoms with van der Waals surface area (Å²) in [5, 5.41) is 0. The molecule has 3 rings (SSSR count). The SMILES string of the molecule is NC(c1ccccc1)c1cncn1CC1CCCC1. The largest absolute Gasteiger partial charge is 0.333 e. The lowest BCUT2D eigenvalue weighted by Crippen LogP contribution is -2.18. The van der Waals surface area contributed by atoms with Crippen LogP contribution in [0.15, 0.2) is 42.9 Å². The standard InChI is InChI=1S/C16H21N3/c17-16(14-8-2-1-3-9-14)15-10-18-12-19(15)11-13-6-4-5-7-13/h1-3,8-10,12-13,16H,4-7,11,17H2. The number of hydrogen-bond donors (Lipinski definition) is 1. The topological polar surface area (TPSA) is 43.8 Å². The lowest BCUT2D eigenvalue weighted by Gasteiger charge is -2.17. The van der Waals surface area contributed by atoms with Crippen LogP contribution in [0, 0.1) is 5.92 Å². The van der Waals surface area contributed by atoms with E-state index in [0.717, 1.165) is 23.7 Å². The van der Waals surface area contributed by atoms with Crippen molar-refractivity contribution in [1.82, 2.24) is 9.55 Å². The zero-order chi connectivity index (χ0) is 13.1. The summed E-state index contributed by atoms with van der Waals surface area (Å²) in [6, 6.07) is 10.2. The minimum Gasteiger partial charge on any atom is -0.333 e. The number of nitrogens with zero attached hydrogens (tertiary/aromatic N) is 2. The first-order chi connectivity index (χ1) is 9.34. The number of benzene rings is 1. The first-order valence-electron chi connectivity index (χ1n) is 7.15.